The molecule has 1 amide bonds. The average Bonchev–Trinajstić information content (AvgIpc) is 2.37. The Hall–Kier alpha value is -0.930. The van der Waals surface area contributed by atoms with Gasteiger partial charge in [-0.3, -0.25) is 4.79 Å². The largest absolute Gasteiger partial charge is 0.354 e. The van der Waals surface area contributed by atoms with E-state index in [4.69, 9.17) is 0 Å². The molecule has 1 rings (SSSR count). The summed E-state index contributed by atoms with van der Waals surface area (Å²) in [5.74, 6) is -1.80. The van der Waals surface area contributed by atoms with Crippen molar-refractivity contribution in [3.63, 3.8) is 0 Å². The lowest BCUT2D eigenvalue weighted by molar-refractivity contribution is -0.118. The highest BCUT2D eigenvalue weighted by molar-refractivity contribution is 9.10. The van der Waals surface area contributed by atoms with Crippen LogP contribution in [-0.4, -0.2) is 46.5 Å². The SMILES string of the molecule is CCS(=O)(=O)CCNC(=O)CS(=O)(=O)Cc1cccc(Br)c1. The van der Waals surface area contributed by atoms with E-state index in [2.05, 4.69) is 21.2 Å². The second-order valence-corrected chi connectivity index (χ2v) is 10.2. The molecule has 0 heterocycles. The highest BCUT2D eigenvalue weighted by Gasteiger charge is 2.18. The molecule has 0 radical (unpaired) electrons. The molecule has 0 saturated carbocycles. The van der Waals surface area contributed by atoms with Gasteiger partial charge in [0, 0.05) is 16.8 Å². The van der Waals surface area contributed by atoms with E-state index in [-0.39, 0.29) is 23.8 Å². The summed E-state index contributed by atoms with van der Waals surface area (Å²) < 4.78 is 47.2. The van der Waals surface area contributed by atoms with Crippen LogP contribution in [0.5, 0.6) is 0 Å². The van der Waals surface area contributed by atoms with Gasteiger partial charge in [0.25, 0.3) is 0 Å². The lowest BCUT2D eigenvalue weighted by Gasteiger charge is -2.07. The van der Waals surface area contributed by atoms with Gasteiger partial charge in [-0.1, -0.05) is 35.0 Å². The molecule has 0 spiro atoms. The average molecular weight is 412 g/mol. The van der Waals surface area contributed by atoms with E-state index >= 15 is 0 Å². The molecule has 9 heteroatoms. The number of halogens is 1. The minimum atomic E-state index is -3.60. The van der Waals surface area contributed by atoms with Crippen molar-refractivity contribution in [3.8, 4) is 0 Å². The maximum absolute atomic E-state index is 11.9. The normalized spacial score (nSPS) is 12.1. The smallest absolute Gasteiger partial charge is 0.235 e. The van der Waals surface area contributed by atoms with E-state index in [1.165, 1.54) is 6.92 Å². The van der Waals surface area contributed by atoms with Crippen LogP contribution in [0.15, 0.2) is 28.7 Å². The standard InChI is InChI=1S/C13H18BrNO5S2/c1-2-21(17,18)7-6-15-13(16)10-22(19,20)9-11-4-3-5-12(14)8-11/h3-5,8H,2,6-7,9-10H2,1H3,(H,15,16). The predicted octanol–water partition coefficient (Wildman–Crippen LogP) is 0.915. The number of rotatable bonds is 8. The molecular weight excluding hydrogens is 394 g/mol. The van der Waals surface area contributed by atoms with Crippen LogP contribution in [0.1, 0.15) is 12.5 Å². The van der Waals surface area contributed by atoms with Gasteiger partial charge in [0.15, 0.2) is 19.7 Å². The summed E-state index contributed by atoms with van der Waals surface area (Å²) in [6.45, 7) is 1.43. The Morgan fingerprint density at radius 3 is 2.45 bits per heavy atom. The maximum atomic E-state index is 11.9. The molecule has 0 aliphatic carbocycles. The van der Waals surface area contributed by atoms with Gasteiger partial charge in [0.1, 0.15) is 5.75 Å². The summed E-state index contributed by atoms with van der Waals surface area (Å²) in [6, 6.07) is 6.82. The van der Waals surface area contributed by atoms with E-state index in [1.54, 1.807) is 24.3 Å². The number of hydrogen-bond acceptors (Lipinski definition) is 5. The number of carbonyl (C=O) groups is 1. The van der Waals surface area contributed by atoms with Crippen molar-refractivity contribution >= 4 is 41.5 Å². The molecule has 1 aromatic rings. The lowest BCUT2D eigenvalue weighted by atomic mass is 10.2. The molecule has 0 aliphatic rings. The molecule has 0 unspecified atom stereocenters. The Morgan fingerprint density at radius 1 is 1.18 bits per heavy atom. The van der Waals surface area contributed by atoms with Crippen LogP contribution in [0.4, 0.5) is 0 Å². The topological polar surface area (TPSA) is 97.4 Å². The highest BCUT2D eigenvalue weighted by atomic mass is 79.9. The van der Waals surface area contributed by atoms with Gasteiger partial charge in [-0.15, -0.1) is 0 Å². The van der Waals surface area contributed by atoms with Crippen molar-refractivity contribution in [3.05, 3.63) is 34.3 Å². The fourth-order valence-corrected chi connectivity index (χ4v) is 4.11. The van der Waals surface area contributed by atoms with E-state index in [1.807, 2.05) is 0 Å². The second kappa shape index (κ2) is 8.07. The van der Waals surface area contributed by atoms with Gasteiger partial charge >= 0.3 is 0 Å². The van der Waals surface area contributed by atoms with Crippen LogP contribution >= 0.6 is 15.9 Å². The van der Waals surface area contributed by atoms with Crippen LogP contribution < -0.4 is 5.32 Å². The molecule has 0 atom stereocenters. The first-order valence-electron chi connectivity index (χ1n) is 6.55. The van der Waals surface area contributed by atoms with Crippen molar-refractivity contribution in [2.75, 3.05) is 23.8 Å². The third kappa shape index (κ3) is 7.37. The molecule has 0 fully saturated rings. The van der Waals surface area contributed by atoms with Crippen LogP contribution in [0, 0.1) is 0 Å². The van der Waals surface area contributed by atoms with Crippen molar-refractivity contribution in [1.82, 2.24) is 5.32 Å². The van der Waals surface area contributed by atoms with Gasteiger partial charge in [-0.2, -0.15) is 0 Å². The van der Waals surface area contributed by atoms with E-state index in [0.29, 0.717) is 5.56 Å². The molecular formula is C13H18BrNO5S2. The summed E-state index contributed by atoms with van der Waals surface area (Å²) in [7, 11) is -6.79. The van der Waals surface area contributed by atoms with Crippen LogP contribution in [0.2, 0.25) is 0 Å². The monoisotopic (exact) mass is 411 g/mol. The van der Waals surface area contributed by atoms with Gasteiger partial charge in [0.2, 0.25) is 5.91 Å². The number of hydrogen-bond donors (Lipinski definition) is 1. The molecule has 0 aliphatic heterocycles. The number of nitrogens with one attached hydrogen (secondary N) is 1. The summed E-state index contributed by atoms with van der Waals surface area (Å²) in [4.78, 5) is 11.6. The van der Waals surface area contributed by atoms with Crippen LogP contribution in [0.25, 0.3) is 0 Å². The van der Waals surface area contributed by atoms with E-state index in [9.17, 15) is 21.6 Å². The zero-order valence-electron chi connectivity index (χ0n) is 12.1. The molecule has 1 N–H and O–H groups in total. The van der Waals surface area contributed by atoms with Crippen LogP contribution in [-0.2, 0) is 30.2 Å². The molecule has 1 aromatic carbocycles. The number of carbonyl (C=O) groups excluding carboxylic acids is 1. The van der Waals surface area contributed by atoms with Gasteiger partial charge in [-0.25, -0.2) is 16.8 Å². The van der Waals surface area contributed by atoms with E-state index in [0.717, 1.165) is 4.47 Å². The van der Waals surface area contributed by atoms with Crippen LogP contribution in [0.3, 0.4) is 0 Å². The number of amides is 1. The van der Waals surface area contributed by atoms with Crippen molar-refractivity contribution in [2.45, 2.75) is 12.7 Å². The first-order valence-corrected chi connectivity index (χ1v) is 11.0. The van der Waals surface area contributed by atoms with Crippen molar-refractivity contribution in [2.24, 2.45) is 0 Å². The third-order valence-electron chi connectivity index (χ3n) is 2.80. The maximum Gasteiger partial charge on any atom is 0.235 e. The minimum Gasteiger partial charge on any atom is -0.354 e. The summed E-state index contributed by atoms with van der Waals surface area (Å²) in [5.41, 5.74) is 0.579. The molecule has 0 aromatic heterocycles. The Morgan fingerprint density at radius 2 is 1.86 bits per heavy atom. The Balaban J connectivity index is 2.52. The minimum absolute atomic E-state index is 0.00987. The summed E-state index contributed by atoms with van der Waals surface area (Å²) in [5, 5.41) is 2.32. The summed E-state index contributed by atoms with van der Waals surface area (Å²) >= 11 is 3.25. The molecule has 0 saturated heterocycles. The van der Waals surface area contributed by atoms with E-state index < -0.39 is 31.3 Å². The number of benzene rings is 1. The fraction of sp³-hybridized carbons (Fsp3) is 0.462. The first kappa shape index (κ1) is 19.1. The van der Waals surface area contributed by atoms with Gasteiger partial charge in [0.05, 0.1) is 11.5 Å². The summed E-state index contributed by atoms with van der Waals surface area (Å²) in [6.07, 6.45) is 0. The van der Waals surface area contributed by atoms with Crippen molar-refractivity contribution in [1.29, 1.82) is 0 Å². The predicted molar refractivity (Wildman–Crippen MR) is 89.0 cm³/mol. The Bertz CT molecular complexity index is 729. The zero-order valence-corrected chi connectivity index (χ0v) is 15.3. The third-order valence-corrected chi connectivity index (χ3v) is 6.48. The van der Waals surface area contributed by atoms with Gasteiger partial charge in [-0.05, 0) is 17.7 Å². The molecule has 124 valence electrons. The van der Waals surface area contributed by atoms with Crippen molar-refractivity contribution < 1.29 is 21.6 Å². The molecule has 22 heavy (non-hydrogen) atoms. The lowest BCUT2D eigenvalue weighted by Crippen LogP contribution is -2.34. The zero-order chi connectivity index (χ0) is 16.8. The first-order chi connectivity index (χ1) is 10.1. The molecule has 0 bridgehead atoms. The quantitative estimate of drug-likeness (QED) is 0.685. The Kier molecular flexibility index (Phi) is 7.01. The fourth-order valence-electron chi connectivity index (χ4n) is 1.67. The Labute approximate surface area is 139 Å². The second-order valence-electron chi connectivity index (χ2n) is 4.75. The molecule has 6 nitrogen and oxygen atoms in total. The number of sulfone groups is 2. The highest BCUT2D eigenvalue weighted by Crippen LogP contribution is 2.14. The van der Waals surface area contributed by atoms with Gasteiger partial charge < -0.3 is 5.32 Å².